The minimum Gasteiger partial charge on any atom is -0.454 e. The van der Waals surface area contributed by atoms with Crippen LogP contribution in [0.1, 0.15) is 6.42 Å². The Labute approximate surface area is 109 Å². The summed E-state index contributed by atoms with van der Waals surface area (Å²) in [4.78, 5) is 22.9. The number of aliphatic hydroxyl groups excluding tert-OH is 1. The van der Waals surface area contributed by atoms with Crippen LogP contribution in [-0.4, -0.2) is 36.9 Å². The van der Waals surface area contributed by atoms with Crippen LogP contribution in [0.3, 0.4) is 0 Å². The molecule has 0 saturated heterocycles. The molecule has 0 unspecified atom stereocenters. The van der Waals surface area contributed by atoms with Crippen molar-refractivity contribution in [2.45, 2.75) is 6.42 Å². The first-order valence-corrected chi connectivity index (χ1v) is 5.80. The summed E-state index contributed by atoms with van der Waals surface area (Å²) in [7, 11) is 0. The normalized spacial score (nSPS) is 12.1. The number of carbonyl (C=O) groups is 2. The molecular formula is C12H14N2O5. The van der Waals surface area contributed by atoms with E-state index in [9.17, 15) is 9.59 Å². The predicted molar refractivity (Wildman–Crippen MR) is 65.9 cm³/mol. The molecule has 2 amide bonds. The molecule has 1 heterocycles. The molecule has 2 rings (SSSR count). The number of fused-ring (bicyclic) bond motifs is 1. The molecule has 1 aromatic rings. The monoisotopic (exact) mass is 266 g/mol. The van der Waals surface area contributed by atoms with E-state index in [0.29, 0.717) is 23.6 Å². The van der Waals surface area contributed by atoms with Crippen LogP contribution in [0, 0.1) is 0 Å². The number of amides is 2. The summed E-state index contributed by atoms with van der Waals surface area (Å²) in [5.74, 6) is -0.383. The number of carbonyl (C=O) groups excluding carboxylic acids is 2. The minimum atomic E-state index is -0.767. The highest BCUT2D eigenvalue weighted by Crippen LogP contribution is 2.34. The van der Waals surface area contributed by atoms with Gasteiger partial charge in [0.05, 0.1) is 0 Å². The Hall–Kier alpha value is -2.28. The smallest absolute Gasteiger partial charge is 0.313 e. The first-order chi connectivity index (χ1) is 9.20. The Morgan fingerprint density at radius 3 is 2.79 bits per heavy atom. The van der Waals surface area contributed by atoms with Crippen molar-refractivity contribution in [2.24, 2.45) is 0 Å². The molecule has 0 radical (unpaired) electrons. The predicted octanol–water partition coefficient (Wildman–Crippen LogP) is -0.148. The SMILES string of the molecule is O=C(NCCCO)C(=O)Nc1ccc2c(c1)OCO2. The van der Waals surface area contributed by atoms with Crippen molar-refractivity contribution >= 4 is 17.5 Å². The summed E-state index contributed by atoms with van der Waals surface area (Å²) in [6.07, 6.45) is 0.406. The topological polar surface area (TPSA) is 96.9 Å². The van der Waals surface area contributed by atoms with Gasteiger partial charge in [0.2, 0.25) is 6.79 Å². The van der Waals surface area contributed by atoms with Crippen molar-refractivity contribution in [1.82, 2.24) is 5.32 Å². The summed E-state index contributed by atoms with van der Waals surface area (Å²) < 4.78 is 10.3. The zero-order chi connectivity index (χ0) is 13.7. The number of ether oxygens (including phenoxy) is 2. The Balaban J connectivity index is 1.90. The van der Waals surface area contributed by atoms with E-state index in [1.165, 1.54) is 0 Å². The number of anilines is 1. The molecule has 3 N–H and O–H groups in total. The van der Waals surface area contributed by atoms with Gasteiger partial charge in [-0.05, 0) is 18.6 Å². The van der Waals surface area contributed by atoms with E-state index in [1.807, 2.05) is 0 Å². The summed E-state index contributed by atoms with van der Waals surface area (Å²) in [6.45, 7) is 0.363. The van der Waals surface area contributed by atoms with Gasteiger partial charge >= 0.3 is 11.8 Å². The molecule has 1 aliphatic heterocycles. The third-order valence-corrected chi connectivity index (χ3v) is 2.46. The number of nitrogens with one attached hydrogen (secondary N) is 2. The summed E-state index contributed by atoms with van der Waals surface area (Å²) in [5.41, 5.74) is 0.451. The van der Waals surface area contributed by atoms with Gasteiger partial charge in [-0.15, -0.1) is 0 Å². The van der Waals surface area contributed by atoms with Crippen LogP contribution in [0.25, 0.3) is 0 Å². The quantitative estimate of drug-likeness (QED) is 0.520. The number of benzene rings is 1. The standard InChI is InChI=1S/C12H14N2O5/c15-5-1-4-13-11(16)12(17)14-8-2-3-9-10(6-8)19-7-18-9/h2-3,6,15H,1,4-5,7H2,(H,13,16)(H,14,17). The second-order valence-corrected chi connectivity index (χ2v) is 3.86. The average molecular weight is 266 g/mol. The highest BCUT2D eigenvalue weighted by molar-refractivity contribution is 6.39. The van der Waals surface area contributed by atoms with Crippen LogP contribution in [0.4, 0.5) is 5.69 Å². The van der Waals surface area contributed by atoms with Crippen molar-refractivity contribution in [3.63, 3.8) is 0 Å². The van der Waals surface area contributed by atoms with Gasteiger partial charge in [-0.2, -0.15) is 0 Å². The number of hydrogen-bond acceptors (Lipinski definition) is 5. The number of hydrogen-bond donors (Lipinski definition) is 3. The zero-order valence-electron chi connectivity index (χ0n) is 10.1. The molecule has 102 valence electrons. The fourth-order valence-corrected chi connectivity index (χ4v) is 1.52. The first-order valence-electron chi connectivity index (χ1n) is 5.80. The molecule has 1 aromatic carbocycles. The average Bonchev–Trinajstić information content (AvgIpc) is 2.86. The van der Waals surface area contributed by atoms with Crippen LogP contribution in [-0.2, 0) is 9.59 Å². The second-order valence-electron chi connectivity index (χ2n) is 3.86. The van der Waals surface area contributed by atoms with E-state index in [2.05, 4.69) is 10.6 Å². The van der Waals surface area contributed by atoms with E-state index >= 15 is 0 Å². The van der Waals surface area contributed by atoms with Crippen molar-refractivity contribution in [2.75, 3.05) is 25.3 Å². The Morgan fingerprint density at radius 2 is 2.00 bits per heavy atom. The van der Waals surface area contributed by atoms with Crippen LogP contribution in [0.2, 0.25) is 0 Å². The van der Waals surface area contributed by atoms with Gasteiger partial charge in [-0.1, -0.05) is 0 Å². The van der Waals surface area contributed by atoms with Crippen LogP contribution in [0.5, 0.6) is 11.5 Å². The molecule has 0 bridgehead atoms. The third kappa shape index (κ3) is 3.35. The van der Waals surface area contributed by atoms with Gasteiger partial charge in [0.1, 0.15) is 0 Å². The van der Waals surface area contributed by atoms with E-state index in [4.69, 9.17) is 14.6 Å². The Bertz CT molecular complexity index is 489. The Kier molecular flexibility index (Phi) is 4.19. The molecule has 0 aliphatic carbocycles. The van der Waals surface area contributed by atoms with Gasteiger partial charge in [0.25, 0.3) is 0 Å². The molecule has 7 heteroatoms. The maximum Gasteiger partial charge on any atom is 0.313 e. The molecular weight excluding hydrogens is 252 g/mol. The van der Waals surface area contributed by atoms with E-state index < -0.39 is 11.8 Å². The lowest BCUT2D eigenvalue weighted by molar-refractivity contribution is -0.136. The molecule has 0 atom stereocenters. The molecule has 0 aromatic heterocycles. The largest absolute Gasteiger partial charge is 0.454 e. The van der Waals surface area contributed by atoms with Crippen molar-refractivity contribution in [3.8, 4) is 11.5 Å². The third-order valence-electron chi connectivity index (χ3n) is 2.46. The second kappa shape index (κ2) is 6.05. The van der Waals surface area contributed by atoms with E-state index in [-0.39, 0.29) is 19.9 Å². The number of rotatable bonds is 4. The van der Waals surface area contributed by atoms with Crippen molar-refractivity contribution < 1.29 is 24.2 Å². The lowest BCUT2D eigenvalue weighted by atomic mass is 10.2. The Morgan fingerprint density at radius 1 is 1.21 bits per heavy atom. The molecule has 0 fully saturated rings. The van der Waals surface area contributed by atoms with Gasteiger partial charge in [0, 0.05) is 24.9 Å². The summed E-state index contributed by atoms with van der Waals surface area (Å²) >= 11 is 0. The van der Waals surface area contributed by atoms with Gasteiger partial charge < -0.3 is 25.2 Å². The van der Waals surface area contributed by atoms with Crippen LogP contribution >= 0.6 is 0 Å². The van der Waals surface area contributed by atoms with Crippen LogP contribution in [0.15, 0.2) is 18.2 Å². The van der Waals surface area contributed by atoms with Crippen molar-refractivity contribution in [1.29, 1.82) is 0 Å². The van der Waals surface area contributed by atoms with E-state index in [1.54, 1.807) is 18.2 Å². The number of aliphatic hydroxyl groups is 1. The van der Waals surface area contributed by atoms with Gasteiger partial charge in [-0.3, -0.25) is 9.59 Å². The highest BCUT2D eigenvalue weighted by atomic mass is 16.7. The van der Waals surface area contributed by atoms with E-state index in [0.717, 1.165) is 0 Å². The molecule has 7 nitrogen and oxygen atoms in total. The van der Waals surface area contributed by atoms with Gasteiger partial charge in [0.15, 0.2) is 11.5 Å². The fourth-order valence-electron chi connectivity index (χ4n) is 1.52. The molecule has 1 aliphatic rings. The maximum atomic E-state index is 11.5. The van der Waals surface area contributed by atoms with Crippen LogP contribution < -0.4 is 20.1 Å². The molecule has 19 heavy (non-hydrogen) atoms. The lowest BCUT2D eigenvalue weighted by Crippen LogP contribution is -2.36. The zero-order valence-corrected chi connectivity index (χ0v) is 10.1. The summed E-state index contributed by atoms with van der Waals surface area (Å²) in [5, 5.41) is 13.4. The van der Waals surface area contributed by atoms with Crippen molar-refractivity contribution in [3.05, 3.63) is 18.2 Å². The first kappa shape index (κ1) is 13.2. The fraction of sp³-hybridized carbons (Fsp3) is 0.333. The molecule has 0 spiro atoms. The highest BCUT2D eigenvalue weighted by Gasteiger charge is 2.16. The summed E-state index contributed by atoms with van der Waals surface area (Å²) in [6, 6.07) is 4.86. The molecule has 0 saturated carbocycles. The maximum absolute atomic E-state index is 11.5. The minimum absolute atomic E-state index is 0.0376. The lowest BCUT2D eigenvalue weighted by Gasteiger charge is -2.06. The van der Waals surface area contributed by atoms with Gasteiger partial charge in [-0.25, -0.2) is 0 Å².